The van der Waals surface area contributed by atoms with Crippen molar-refractivity contribution in [3.05, 3.63) is 0 Å². The monoisotopic (exact) mass is 288 g/mol. The molecule has 1 saturated heterocycles. The molecule has 0 radical (unpaired) electrons. The van der Waals surface area contributed by atoms with Gasteiger partial charge in [0.05, 0.1) is 6.42 Å². The van der Waals surface area contributed by atoms with E-state index in [4.69, 9.17) is 5.11 Å². The van der Waals surface area contributed by atoms with Gasteiger partial charge in [-0.1, -0.05) is 6.42 Å². The van der Waals surface area contributed by atoms with Gasteiger partial charge >= 0.3 is 12.0 Å². The van der Waals surface area contributed by atoms with Gasteiger partial charge in [0.1, 0.15) is 0 Å². The molecule has 0 aromatic rings. The highest BCUT2D eigenvalue weighted by molar-refractivity contribution is 7.99. The van der Waals surface area contributed by atoms with Gasteiger partial charge in [0.2, 0.25) is 0 Å². The highest BCUT2D eigenvalue weighted by Crippen LogP contribution is 2.24. The lowest BCUT2D eigenvalue weighted by atomic mass is 10.2. The number of carboxylic acid groups (broad SMARTS) is 1. The van der Waals surface area contributed by atoms with E-state index in [1.807, 2.05) is 18.7 Å². The summed E-state index contributed by atoms with van der Waals surface area (Å²) < 4.78 is 0. The van der Waals surface area contributed by atoms with Crippen LogP contribution in [0.2, 0.25) is 0 Å². The second-order valence-electron chi connectivity index (χ2n) is 4.91. The molecule has 1 heterocycles. The summed E-state index contributed by atoms with van der Waals surface area (Å²) >= 11 is 1.92. The minimum absolute atomic E-state index is 0.0144. The van der Waals surface area contributed by atoms with Gasteiger partial charge in [-0.3, -0.25) is 4.79 Å². The summed E-state index contributed by atoms with van der Waals surface area (Å²) in [5.41, 5.74) is 0. The standard InChI is InChI=1S/C13H24N2O3S/c1-3-15(10(2)8-12(16)17)13(18)14-9-11-6-4-5-7-19-11/h10-11H,3-9H2,1-2H3,(H,14,18)(H,16,17). The zero-order valence-electron chi connectivity index (χ0n) is 11.7. The van der Waals surface area contributed by atoms with Crippen molar-refractivity contribution < 1.29 is 14.7 Å². The molecule has 1 rings (SSSR count). The molecule has 5 nitrogen and oxygen atoms in total. The maximum absolute atomic E-state index is 12.1. The van der Waals surface area contributed by atoms with E-state index in [0.29, 0.717) is 18.3 Å². The molecule has 0 saturated carbocycles. The van der Waals surface area contributed by atoms with E-state index in [1.54, 1.807) is 11.8 Å². The van der Waals surface area contributed by atoms with Crippen LogP contribution in [0.5, 0.6) is 0 Å². The van der Waals surface area contributed by atoms with Crippen LogP contribution in [-0.2, 0) is 4.79 Å². The molecule has 0 spiro atoms. The number of carbonyl (C=O) groups excluding carboxylic acids is 1. The van der Waals surface area contributed by atoms with Crippen LogP contribution in [0.4, 0.5) is 4.79 Å². The van der Waals surface area contributed by atoms with Crippen LogP contribution in [0.3, 0.4) is 0 Å². The minimum Gasteiger partial charge on any atom is -0.481 e. The Morgan fingerprint density at radius 3 is 2.74 bits per heavy atom. The van der Waals surface area contributed by atoms with Crippen molar-refractivity contribution in [1.29, 1.82) is 0 Å². The summed E-state index contributed by atoms with van der Waals surface area (Å²) in [4.78, 5) is 24.3. The Morgan fingerprint density at radius 2 is 2.21 bits per heavy atom. The zero-order valence-corrected chi connectivity index (χ0v) is 12.5. The van der Waals surface area contributed by atoms with Gasteiger partial charge in [0.25, 0.3) is 0 Å². The number of hydrogen-bond acceptors (Lipinski definition) is 3. The lowest BCUT2D eigenvalue weighted by Crippen LogP contribution is -2.47. The predicted molar refractivity (Wildman–Crippen MR) is 77.6 cm³/mol. The second kappa shape index (κ2) is 8.30. The Hall–Kier alpha value is -0.910. The maximum atomic E-state index is 12.1. The van der Waals surface area contributed by atoms with Crippen molar-refractivity contribution in [3.8, 4) is 0 Å². The van der Waals surface area contributed by atoms with Crippen molar-refractivity contribution in [2.75, 3.05) is 18.8 Å². The predicted octanol–water partition coefficient (Wildman–Crippen LogP) is 2.17. The molecule has 2 unspecified atom stereocenters. The Morgan fingerprint density at radius 1 is 1.47 bits per heavy atom. The highest BCUT2D eigenvalue weighted by atomic mass is 32.2. The normalized spacial score (nSPS) is 20.6. The Bertz CT molecular complexity index is 306. The fourth-order valence-electron chi connectivity index (χ4n) is 2.29. The van der Waals surface area contributed by atoms with Crippen LogP contribution >= 0.6 is 11.8 Å². The van der Waals surface area contributed by atoms with Crippen molar-refractivity contribution in [2.45, 2.75) is 50.8 Å². The second-order valence-corrected chi connectivity index (χ2v) is 6.32. The van der Waals surface area contributed by atoms with Crippen LogP contribution in [0, 0.1) is 0 Å². The van der Waals surface area contributed by atoms with E-state index < -0.39 is 5.97 Å². The van der Waals surface area contributed by atoms with Crippen molar-refractivity contribution >= 4 is 23.8 Å². The summed E-state index contributed by atoms with van der Waals surface area (Å²) in [5, 5.41) is 12.2. The smallest absolute Gasteiger partial charge is 0.317 e. The number of hydrogen-bond donors (Lipinski definition) is 2. The van der Waals surface area contributed by atoms with Crippen molar-refractivity contribution in [3.63, 3.8) is 0 Å². The summed E-state index contributed by atoms with van der Waals surface area (Å²) in [7, 11) is 0. The molecule has 0 aliphatic carbocycles. The molecular weight excluding hydrogens is 264 g/mol. The summed E-state index contributed by atoms with van der Waals surface area (Å²) in [5.74, 6) is 0.301. The number of amides is 2. The van der Waals surface area contributed by atoms with Crippen molar-refractivity contribution in [1.82, 2.24) is 10.2 Å². The molecule has 19 heavy (non-hydrogen) atoms. The molecule has 2 N–H and O–H groups in total. The Balaban J connectivity index is 2.37. The first kappa shape index (κ1) is 16.1. The van der Waals surface area contributed by atoms with Crippen LogP contribution in [0.25, 0.3) is 0 Å². The Labute approximate surface area is 119 Å². The van der Waals surface area contributed by atoms with E-state index in [2.05, 4.69) is 5.32 Å². The molecule has 2 amide bonds. The average molecular weight is 288 g/mol. The van der Waals surface area contributed by atoms with Crippen LogP contribution in [0.1, 0.15) is 39.5 Å². The number of carbonyl (C=O) groups is 2. The fourth-order valence-corrected chi connectivity index (χ4v) is 3.53. The third-order valence-electron chi connectivity index (χ3n) is 3.36. The topological polar surface area (TPSA) is 69.6 Å². The van der Waals surface area contributed by atoms with Gasteiger partial charge in [0, 0.05) is 24.4 Å². The molecule has 1 fully saturated rings. The molecule has 6 heteroatoms. The molecular formula is C13H24N2O3S. The number of rotatable bonds is 6. The van der Waals surface area contributed by atoms with Gasteiger partial charge < -0.3 is 15.3 Å². The number of nitrogens with zero attached hydrogens (tertiary/aromatic N) is 1. The van der Waals surface area contributed by atoms with E-state index in [-0.39, 0.29) is 18.5 Å². The number of nitrogens with one attached hydrogen (secondary N) is 1. The van der Waals surface area contributed by atoms with Crippen LogP contribution in [0.15, 0.2) is 0 Å². The van der Waals surface area contributed by atoms with Gasteiger partial charge in [0.15, 0.2) is 0 Å². The summed E-state index contributed by atoms with van der Waals surface area (Å²) in [6, 6.07) is -0.427. The van der Waals surface area contributed by atoms with E-state index >= 15 is 0 Å². The first-order valence-corrected chi connectivity index (χ1v) is 7.97. The maximum Gasteiger partial charge on any atom is 0.317 e. The van der Waals surface area contributed by atoms with Gasteiger partial charge in [-0.05, 0) is 32.4 Å². The first-order valence-electron chi connectivity index (χ1n) is 6.92. The fraction of sp³-hybridized carbons (Fsp3) is 0.846. The molecule has 0 aromatic carbocycles. The summed E-state index contributed by atoms with van der Waals surface area (Å²) in [6.07, 6.45) is 3.65. The third-order valence-corrected chi connectivity index (χ3v) is 4.76. The largest absolute Gasteiger partial charge is 0.481 e. The zero-order chi connectivity index (χ0) is 14.3. The molecule has 1 aliphatic rings. The lowest BCUT2D eigenvalue weighted by Gasteiger charge is -2.29. The SMILES string of the molecule is CCN(C(=O)NCC1CCCCS1)C(C)CC(=O)O. The van der Waals surface area contributed by atoms with Gasteiger partial charge in [-0.2, -0.15) is 11.8 Å². The average Bonchev–Trinajstić information content (AvgIpc) is 2.37. The molecule has 1 aliphatic heterocycles. The minimum atomic E-state index is -0.874. The van der Waals surface area contributed by atoms with E-state index in [9.17, 15) is 9.59 Å². The van der Waals surface area contributed by atoms with Crippen LogP contribution in [-0.4, -0.2) is 52.1 Å². The highest BCUT2D eigenvalue weighted by Gasteiger charge is 2.22. The van der Waals surface area contributed by atoms with Gasteiger partial charge in [-0.25, -0.2) is 4.79 Å². The molecule has 0 aromatic heterocycles. The molecule has 0 bridgehead atoms. The first-order chi connectivity index (χ1) is 9.04. The molecule has 2 atom stereocenters. The molecule has 110 valence electrons. The Kier molecular flexibility index (Phi) is 7.05. The number of carboxylic acids is 1. The van der Waals surface area contributed by atoms with E-state index in [0.717, 1.165) is 6.42 Å². The summed E-state index contributed by atoms with van der Waals surface area (Å²) in [6.45, 7) is 4.84. The third kappa shape index (κ3) is 5.72. The number of thioether (sulfide) groups is 1. The van der Waals surface area contributed by atoms with Crippen molar-refractivity contribution in [2.24, 2.45) is 0 Å². The quantitative estimate of drug-likeness (QED) is 0.786. The number of urea groups is 1. The van der Waals surface area contributed by atoms with Crippen LogP contribution < -0.4 is 5.32 Å². The lowest BCUT2D eigenvalue weighted by molar-refractivity contribution is -0.138. The van der Waals surface area contributed by atoms with Gasteiger partial charge in [-0.15, -0.1) is 0 Å². The number of aliphatic carboxylic acids is 1. The van der Waals surface area contributed by atoms with E-state index in [1.165, 1.54) is 18.6 Å².